The molecule has 11 nitrogen and oxygen atoms in total. The monoisotopic (exact) mass is 678 g/mol. The summed E-state index contributed by atoms with van der Waals surface area (Å²) in [5.74, 6) is -1.43. The van der Waals surface area contributed by atoms with Crippen LogP contribution in [0.5, 0.6) is 0 Å². The number of halogens is 2. The van der Waals surface area contributed by atoms with Gasteiger partial charge in [0.2, 0.25) is 0 Å². The van der Waals surface area contributed by atoms with Crippen molar-refractivity contribution in [3.63, 3.8) is 0 Å². The number of esters is 1. The topological polar surface area (TPSA) is 128 Å². The van der Waals surface area contributed by atoms with E-state index in [-0.39, 0.29) is 22.7 Å². The second kappa shape index (κ2) is 12.4. The quantitative estimate of drug-likeness (QED) is 0.332. The molecule has 1 aliphatic carbocycles. The lowest BCUT2D eigenvalue weighted by atomic mass is 9.64. The first-order chi connectivity index (χ1) is 22.7. The summed E-state index contributed by atoms with van der Waals surface area (Å²) in [4.78, 5) is 53.8. The Morgan fingerprint density at radius 1 is 1.17 bits per heavy atom. The number of anilines is 1. The number of nitrogens with zero attached hydrogens (tertiary/aromatic N) is 5. The van der Waals surface area contributed by atoms with Crippen LogP contribution in [-0.2, 0) is 19.7 Å². The van der Waals surface area contributed by atoms with Gasteiger partial charge in [-0.2, -0.15) is 0 Å². The summed E-state index contributed by atoms with van der Waals surface area (Å²) in [5, 5.41) is 15.7. The maximum atomic E-state index is 14.0. The summed E-state index contributed by atoms with van der Waals surface area (Å²) >= 11 is 7.87. The van der Waals surface area contributed by atoms with Gasteiger partial charge in [-0.05, 0) is 42.7 Å². The average molecular weight is 679 g/mol. The van der Waals surface area contributed by atoms with E-state index in [2.05, 4.69) is 15.2 Å². The number of amides is 2. The Hall–Kier alpha value is -4.33. The number of amidine groups is 1. The molecule has 0 spiro atoms. The van der Waals surface area contributed by atoms with Crippen LogP contribution in [0.4, 0.5) is 14.9 Å². The minimum atomic E-state index is -0.862. The number of ether oxygens (including phenoxy) is 1. The Labute approximate surface area is 279 Å². The number of urea groups is 1. The standard InChI is InChI=1S/C33H32ClFN6O5S/c1-46-30(42)26-25(37-28(29-36-11-14-47-29)38-27(26)23-8-5-20(35)15-24(23)34)18-39-12-13-40-22(16-39)17-41(32(40)45)21-6-3-19(4-7-21)33(31(43)44)9-2-10-33/h3-8,11,14-15,22,27H,2,9-10,12-13,16-18H2,1H3,(H,37,38)(H,43,44)/t22-,27-/m0/s1. The van der Waals surface area contributed by atoms with Crippen molar-refractivity contribution in [2.24, 2.45) is 4.99 Å². The first-order valence-electron chi connectivity index (χ1n) is 15.3. The number of aliphatic carboxylic acids is 1. The van der Waals surface area contributed by atoms with Gasteiger partial charge in [0.15, 0.2) is 10.8 Å². The fourth-order valence-corrected chi connectivity index (χ4v) is 7.80. The van der Waals surface area contributed by atoms with E-state index >= 15 is 0 Å². The van der Waals surface area contributed by atoms with Crippen molar-refractivity contribution in [3.8, 4) is 0 Å². The van der Waals surface area contributed by atoms with Crippen molar-refractivity contribution < 1.29 is 28.6 Å². The molecule has 7 rings (SSSR count). The number of benzene rings is 2. The Bertz CT molecular complexity index is 1790. The molecule has 2 amide bonds. The van der Waals surface area contributed by atoms with E-state index < -0.39 is 29.2 Å². The predicted octanol–water partition coefficient (Wildman–Crippen LogP) is 4.59. The summed E-state index contributed by atoms with van der Waals surface area (Å²) in [7, 11) is 1.30. The highest BCUT2D eigenvalue weighted by Crippen LogP contribution is 2.44. The van der Waals surface area contributed by atoms with Crippen LogP contribution >= 0.6 is 22.9 Å². The summed E-state index contributed by atoms with van der Waals surface area (Å²) in [5.41, 5.74) is 1.95. The van der Waals surface area contributed by atoms with E-state index in [0.717, 1.165) is 17.7 Å². The van der Waals surface area contributed by atoms with E-state index in [1.807, 2.05) is 34.5 Å². The highest BCUT2D eigenvalue weighted by atomic mass is 35.5. The molecule has 0 bridgehead atoms. The van der Waals surface area contributed by atoms with Crippen LogP contribution in [0.2, 0.25) is 5.02 Å². The van der Waals surface area contributed by atoms with E-state index in [4.69, 9.17) is 21.3 Å². The molecule has 1 aromatic heterocycles. The molecule has 2 N–H and O–H groups in total. The van der Waals surface area contributed by atoms with Crippen LogP contribution in [0, 0.1) is 5.82 Å². The molecule has 4 aliphatic rings. The van der Waals surface area contributed by atoms with Gasteiger partial charge in [0.25, 0.3) is 0 Å². The number of carbonyl (C=O) groups is 3. The molecule has 3 aromatic rings. The number of nitrogens with one attached hydrogen (secondary N) is 1. The molecular formula is C33H32ClFN6O5S. The number of carboxylic acids is 1. The molecule has 0 radical (unpaired) electrons. The van der Waals surface area contributed by atoms with E-state index in [0.29, 0.717) is 67.7 Å². The molecule has 244 valence electrons. The lowest BCUT2D eigenvalue weighted by Gasteiger charge is -2.38. The molecule has 4 heterocycles. The van der Waals surface area contributed by atoms with Crippen LogP contribution < -0.4 is 10.2 Å². The van der Waals surface area contributed by atoms with Gasteiger partial charge in [0.05, 0.1) is 24.1 Å². The number of carboxylic acid groups (broad SMARTS) is 1. The van der Waals surface area contributed by atoms with E-state index in [1.165, 1.54) is 36.6 Å². The van der Waals surface area contributed by atoms with Crippen LogP contribution in [0.25, 0.3) is 0 Å². The number of thiazole rings is 1. The Balaban J connectivity index is 1.13. The smallest absolute Gasteiger partial charge is 0.338 e. The zero-order valence-corrected chi connectivity index (χ0v) is 27.1. The second-order valence-electron chi connectivity index (χ2n) is 12.2. The number of rotatable bonds is 8. The maximum Gasteiger partial charge on any atom is 0.338 e. The van der Waals surface area contributed by atoms with Gasteiger partial charge < -0.3 is 20.1 Å². The summed E-state index contributed by atoms with van der Waals surface area (Å²) in [6, 6.07) is 10.3. The number of hydrogen-bond acceptors (Lipinski definition) is 9. The van der Waals surface area contributed by atoms with Gasteiger partial charge >= 0.3 is 18.0 Å². The third-order valence-electron chi connectivity index (χ3n) is 9.59. The summed E-state index contributed by atoms with van der Waals surface area (Å²) in [6.45, 7) is 2.39. The van der Waals surface area contributed by atoms with Gasteiger partial charge in [0, 0.05) is 66.3 Å². The SMILES string of the molecule is COC(=O)C1=C(CN2CCN3C(=O)N(c4ccc(C5(C(=O)O)CCC5)cc4)C[C@@H]3C2)NC(c2nccs2)=N[C@H]1c1ccc(F)cc1Cl. The van der Waals surface area contributed by atoms with Crippen LogP contribution in [-0.4, -0.2) is 89.6 Å². The molecule has 2 saturated heterocycles. The van der Waals surface area contributed by atoms with Gasteiger partial charge in [0.1, 0.15) is 11.9 Å². The van der Waals surface area contributed by atoms with Crippen LogP contribution in [0.15, 0.2) is 70.3 Å². The van der Waals surface area contributed by atoms with Crippen LogP contribution in [0.1, 0.15) is 41.4 Å². The number of carbonyl (C=O) groups excluding carboxylic acids is 2. The van der Waals surface area contributed by atoms with Crippen molar-refractivity contribution in [3.05, 3.63) is 92.3 Å². The highest BCUT2D eigenvalue weighted by molar-refractivity contribution is 7.11. The van der Waals surface area contributed by atoms with Gasteiger partial charge in [-0.1, -0.05) is 36.2 Å². The van der Waals surface area contributed by atoms with Crippen LogP contribution in [0.3, 0.4) is 0 Å². The molecule has 3 fully saturated rings. The number of piperazine rings is 1. The van der Waals surface area contributed by atoms with Gasteiger partial charge in [-0.25, -0.2) is 19.0 Å². The third kappa shape index (κ3) is 5.55. The fraction of sp³-hybridized carbons (Fsp3) is 0.364. The molecule has 0 unspecified atom stereocenters. The summed E-state index contributed by atoms with van der Waals surface area (Å²) < 4.78 is 19.2. The van der Waals surface area contributed by atoms with E-state index in [9.17, 15) is 23.9 Å². The van der Waals surface area contributed by atoms with Crippen molar-refractivity contribution in [2.75, 3.05) is 44.7 Å². The maximum absolute atomic E-state index is 14.0. The lowest BCUT2D eigenvalue weighted by molar-refractivity contribution is -0.147. The zero-order chi connectivity index (χ0) is 32.9. The van der Waals surface area contributed by atoms with Crippen molar-refractivity contribution in [2.45, 2.75) is 36.8 Å². The highest BCUT2D eigenvalue weighted by Gasteiger charge is 2.46. The molecule has 14 heteroatoms. The fourth-order valence-electron chi connectivity index (χ4n) is 6.94. The largest absolute Gasteiger partial charge is 0.481 e. The van der Waals surface area contributed by atoms with Crippen molar-refractivity contribution in [1.29, 1.82) is 0 Å². The molecule has 2 aromatic carbocycles. The second-order valence-corrected chi connectivity index (χ2v) is 13.5. The molecular weight excluding hydrogens is 647 g/mol. The first-order valence-corrected chi connectivity index (χ1v) is 16.6. The molecule has 47 heavy (non-hydrogen) atoms. The minimum Gasteiger partial charge on any atom is -0.481 e. The Kier molecular flexibility index (Phi) is 8.23. The number of aromatic nitrogens is 1. The van der Waals surface area contributed by atoms with E-state index in [1.54, 1.807) is 11.1 Å². The lowest BCUT2D eigenvalue weighted by Crippen LogP contribution is -2.53. The Morgan fingerprint density at radius 3 is 2.60 bits per heavy atom. The minimum absolute atomic E-state index is 0.0894. The first kappa shape index (κ1) is 31.3. The molecule has 1 saturated carbocycles. The Morgan fingerprint density at radius 2 is 1.96 bits per heavy atom. The number of aliphatic imine (C=N–C) groups is 1. The normalized spacial score (nSPS) is 22.4. The summed E-state index contributed by atoms with van der Waals surface area (Å²) in [6.07, 6.45) is 3.79. The van der Waals surface area contributed by atoms with Crippen molar-refractivity contribution in [1.82, 2.24) is 20.1 Å². The third-order valence-corrected chi connectivity index (χ3v) is 10.7. The van der Waals surface area contributed by atoms with Crippen molar-refractivity contribution >= 4 is 52.4 Å². The van der Waals surface area contributed by atoms with Gasteiger partial charge in [-0.3, -0.25) is 19.6 Å². The molecule has 3 aliphatic heterocycles. The number of methoxy groups -OCH3 is 1. The van der Waals surface area contributed by atoms with Gasteiger partial charge in [-0.15, -0.1) is 11.3 Å². The predicted molar refractivity (Wildman–Crippen MR) is 174 cm³/mol. The average Bonchev–Trinajstić information content (AvgIpc) is 3.69. The zero-order valence-electron chi connectivity index (χ0n) is 25.5. The number of hydrogen-bond donors (Lipinski definition) is 2. The number of fused-ring (bicyclic) bond motifs is 1. The molecule has 2 atom stereocenters.